The number of aliphatic carboxylic acids is 1. The van der Waals surface area contributed by atoms with Gasteiger partial charge in [-0.1, -0.05) is 0 Å². The molecule has 0 aliphatic carbocycles. The number of hydrogen-bond donors (Lipinski definition) is 2. The molecule has 0 spiro atoms. The van der Waals surface area contributed by atoms with E-state index in [2.05, 4.69) is 4.98 Å². The van der Waals surface area contributed by atoms with Crippen LogP contribution in [0.1, 0.15) is 21.1 Å². The minimum absolute atomic E-state index is 0.0622. The topological polar surface area (TPSA) is 90.7 Å². The second-order valence-electron chi connectivity index (χ2n) is 3.94. The third-order valence-electron chi connectivity index (χ3n) is 2.66. The van der Waals surface area contributed by atoms with Gasteiger partial charge in [-0.05, 0) is 6.92 Å². The summed E-state index contributed by atoms with van der Waals surface area (Å²) in [5, 5.41) is 19.2. The Kier molecular flexibility index (Phi) is 3.12. The summed E-state index contributed by atoms with van der Waals surface area (Å²) in [4.78, 5) is 28.6. The zero-order valence-corrected chi connectivity index (χ0v) is 9.98. The second kappa shape index (κ2) is 4.42. The van der Waals surface area contributed by atoms with Gasteiger partial charge < -0.3 is 15.1 Å². The number of carboxylic acid groups (broad SMARTS) is 1. The Morgan fingerprint density at radius 2 is 2.29 bits per heavy atom. The first kappa shape index (κ1) is 12.0. The van der Waals surface area contributed by atoms with E-state index in [0.29, 0.717) is 4.88 Å². The van der Waals surface area contributed by atoms with Crippen molar-refractivity contribution in [3.63, 3.8) is 0 Å². The first-order chi connectivity index (χ1) is 7.99. The van der Waals surface area contributed by atoms with Gasteiger partial charge in [-0.3, -0.25) is 4.79 Å². The second-order valence-corrected chi connectivity index (χ2v) is 5.18. The SMILES string of the molecule is Cc1ncc(C(=O)N2C[C@@H](O)C[C@H]2C(=O)O)s1. The number of β-amino-alcohol motifs (C(OH)–C–C–N with tert-alkyl or cyclic N) is 1. The van der Waals surface area contributed by atoms with E-state index in [9.17, 15) is 14.7 Å². The molecular formula is C10H12N2O4S. The van der Waals surface area contributed by atoms with E-state index in [1.54, 1.807) is 6.92 Å². The van der Waals surface area contributed by atoms with Crippen molar-refractivity contribution in [2.75, 3.05) is 6.54 Å². The fourth-order valence-corrected chi connectivity index (χ4v) is 2.61. The molecule has 2 atom stereocenters. The van der Waals surface area contributed by atoms with Gasteiger partial charge >= 0.3 is 5.97 Å². The monoisotopic (exact) mass is 256 g/mol. The van der Waals surface area contributed by atoms with Gasteiger partial charge in [0.05, 0.1) is 17.3 Å². The highest BCUT2D eigenvalue weighted by Gasteiger charge is 2.39. The molecule has 0 radical (unpaired) electrons. The highest BCUT2D eigenvalue weighted by Crippen LogP contribution is 2.23. The predicted molar refractivity (Wildman–Crippen MR) is 59.9 cm³/mol. The number of nitrogens with zero attached hydrogens (tertiary/aromatic N) is 2. The summed E-state index contributed by atoms with van der Waals surface area (Å²) in [6.07, 6.45) is 0.749. The van der Waals surface area contributed by atoms with Crippen LogP contribution >= 0.6 is 11.3 Å². The molecule has 6 nitrogen and oxygen atoms in total. The summed E-state index contributed by atoms with van der Waals surface area (Å²) in [6.45, 7) is 1.84. The van der Waals surface area contributed by atoms with Gasteiger partial charge in [-0.25, -0.2) is 9.78 Å². The van der Waals surface area contributed by atoms with Crippen LogP contribution in [-0.4, -0.2) is 50.7 Å². The number of aryl methyl sites for hydroxylation is 1. The van der Waals surface area contributed by atoms with Crippen molar-refractivity contribution < 1.29 is 19.8 Å². The van der Waals surface area contributed by atoms with E-state index in [0.717, 1.165) is 5.01 Å². The largest absolute Gasteiger partial charge is 0.480 e. The minimum atomic E-state index is -1.09. The number of carbonyl (C=O) groups excluding carboxylic acids is 1. The molecule has 2 rings (SSSR count). The summed E-state index contributed by atoms with van der Waals surface area (Å²) in [5.41, 5.74) is 0. The number of thiazole rings is 1. The number of aliphatic hydroxyl groups is 1. The zero-order valence-electron chi connectivity index (χ0n) is 9.16. The lowest BCUT2D eigenvalue weighted by Gasteiger charge is -2.19. The number of likely N-dealkylation sites (tertiary alicyclic amines) is 1. The number of carbonyl (C=O) groups is 2. The molecule has 7 heteroatoms. The van der Waals surface area contributed by atoms with Gasteiger partial charge in [0, 0.05) is 13.0 Å². The summed E-state index contributed by atoms with van der Waals surface area (Å²) in [7, 11) is 0. The molecule has 0 saturated carbocycles. The Hall–Kier alpha value is -1.47. The fourth-order valence-electron chi connectivity index (χ4n) is 1.87. The third kappa shape index (κ3) is 2.29. The van der Waals surface area contributed by atoms with Crippen molar-refractivity contribution in [2.24, 2.45) is 0 Å². The highest BCUT2D eigenvalue weighted by atomic mass is 32.1. The summed E-state index contributed by atoms with van der Waals surface area (Å²) < 4.78 is 0. The van der Waals surface area contributed by atoms with Crippen molar-refractivity contribution >= 4 is 23.2 Å². The van der Waals surface area contributed by atoms with Gasteiger partial charge in [0.2, 0.25) is 0 Å². The molecule has 1 aliphatic heterocycles. The van der Waals surface area contributed by atoms with Crippen LogP contribution in [0.15, 0.2) is 6.20 Å². The molecule has 1 aliphatic rings. The summed E-state index contributed by atoms with van der Waals surface area (Å²) in [5.74, 6) is -1.46. The van der Waals surface area contributed by atoms with Crippen molar-refractivity contribution in [3.8, 4) is 0 Å². The number of aliphatic hydroxyl groups excluding tert-OH is 1. The van der Waals surface area contributed by atoms with Crippen LogP contribution in [0.25, 0.3) is 0 Å². The zero-order chi connectivity index (χ0) is 12.6. The lowest BCUT2D eigenvalue weighted by molar-refractivity contribution is -0.141. The maximum absolute atomic E-state index is 12.0. The average Bonchev–Trinajstić information content (AvgIpc) is 2.83. The van der Waals surface area contributed by atoms with E-state index >= 15 is 0 Å². The van der Waals surface area contributed by atoms with Crippen LogP contribution in [0.3, 0.4) is 0 Å². The van der Waals surface area contributed by atoms with Gasteiger partial charge in [-0.2, -0.15) is 0 Å². The van der Waals surface area contributed by atoms with Crippen LogP contribution in [0.5, 0.6) is 0 Å². The molecule has 2 heterocycles. The van der Waals surface area contributed by atoms with Crippen LogP contribution in [0.4, 0.5) is 0 Å². The molecule has 1 saturated heterocycles. The Balaban J connectivity index is 2.21. The number of hydrogen-bond acceptors (Lipinski definition) is 5. The maximum Gasteiger partial charge on any atom is 0.326 e. The highest BCUT2D eigenvalue weighted by molar-refractivity contribution is 7.13. The molecule has 0 aromatic carbocycles. The van der Waals surface area contributed by atoms with Crippen LogP contribution in [0.2, 0.25) is 0 Å². The first-order valence-electron chi connectivity index (χ1n) is 5.13. The maximum atomic E-state index is 12.0. The van der Waals surface area contributed by atoms with E-state index in [1.165, 1.54) is 22.4 Å². The fraction of sp³-hybridized carbons (Fsp3) is 0.500. The number of carboxylic acids is 1. The Bertz CT molecular complexity index is 459. The van der Waals surface area contributed by atoms with Crippen LogP contribution in [-0.2, 0) is 4.79 Å². The summed E-state index contributed by atoms with van der Waals surface area (Å²) >= 11 is 1.22. The van der Waals surface area contributed by atoms with Crippen molar-refractivity contribution in [2.45, 2.75) is 25.5 Å². The molecule has 0 unspecified atom stereocenters. The molecule has 2 N–H and O–H groups in total. The number of aromatic nitrogens is 1. The molecular weight excluding hydrogens is 244 g/mol. The predicted octanol–water partition coefficient (Wildman–Crippen LogP) is 0.112. The third-order valence-corrected chi connectivity index (χ3v) is 3.56. The van der Waals surface area contributed by atoms with E-state index in [4.69, 9.17) is 5.11 Å². The van der Waals surface area contributed by atoms with Crippen molar-refractivity contribution in [1.29, 1.82) is 0 Å². The van der Waals surface area contributed by atoms with Gasteiger partial charge in [0.25, 0.3) is 5.91 Å². The van der Waals surface area contributed by atoms with Crippen molar-refractivity contribution in [3.05, 3.63) is 16.1 Å². The van der Waals surface area contributed by atoms with E-state index < -0.39 is 18.1 Å². The lowest BCUT2D eigenvalue weighted by Crippen LogP contribution is -2.40. The van der Waals surface area contributed by atoms with Gasteiger partial charge in [0.15, 0.2) is 0 Å². The van der Waals surface area contributed by atoms with Gasteiger partial charge in [0.1, 0.15) is 10.9 Å². The number of amides is 1. The van der Waals surface area contributed by atoms with Gasteiger partial charge in [-0.15, -0.1) is 11.3 Å². The standard InChI is InChI=1S/C10H12N2O4S/c1-5-11-3-8(17-5)9(14)12-4-6(13)2-7(12)10(15)16/h3,6-7,13H,2,4H2,1H3,(H,15,16)/t6-,7-/m0/s1. The smallest absolute Gasteiger partial charge is 0.326 e. The quantitative estimate of drug-likeness (QED) is 0.783. The average molecular weight is 256 g/mol. The minimum Gasteiger partial charge on any atom is -0.480 e. The Morgan fingerprint density at radius 1 is 1.59 bits per heavy atom. The van der Waals surface area contributed by atoms with E-state index in [-0.39, 0.29) is 18.9 Å². The molecule has 1 aromatic rings. The normalized spacial score (nSPS) is 24.0. The molecule has 1 amide bonds. The van der Waals surface area contributed by atoms with Crippen LogP contribution in [0, 0.1) is 6.92 Å². The molecule has 17 heavy (non-hydrogen) atoms. The van der Waals surface area contributed by atoms with Crippen molar-refractivity contribution in [1.82, 2.24) is 9.88 Å². The van der Waals surface area contributed by atoms with E-state index in [1.807, 2.05) is 0 Å². The lowest BCUT2D eigenvalue weighted by atomic mass is 10.2. The first-order valence-corrected chi connectivity index (χ1v) is 5.95. The molecule has 92 valence electrons. The molecule has 1 fully saturated rings. The Labute approximate surface area is 102 Å². The molecule has 0 bridgehead atoms. The molecule has 1 aromatic heterocycles. The van der Waals surface area contributed by atoms with Crippen LogP contribution < -0.4 is 0 Å². The Morgan fingerprint density at radius 3 is 2.82 bits per heavy atom. The number of rotatable bonds is 2. The summed E-state index contributed by atoms with van der Waals surface area (Å²) in [6, 6.07) is -0.945.